The van der Waals surface area contributed by atoms with Crippen LogP contribution >= 0.6 is 0 Å². The molecule has 7 nitrogen and oxygen atoms in total. The second kappa shape index (κ2) is 7.81. The topological polar surface area (TPSA) is 67.7 Å². The fraction of sp³-hybridized carbons (Fsp3) is 0.571. The van der Waals surface area contributed by atoms with Crippen LogP contribution in [0.2, 0.25) is 0 Å². The van der Waals surface area contributed by atoms with Crippen LogP contribution in [-0.2, 0) is 11.8 Å². The summed E-state index contributed by atoms with van der Waals surface area (Å²) < 4.78 is 7.11. The Morgan fingerprint density at radius 1 is 1.25 bits per heavy atom. The van der Waals surface area contributed by atoms with Gasteiger partial charge in [-0.2, -0.15) is 0 Å². The number of aromatic nitrogens is 2. The first-order chi connectivity index (χ1) is 13.2. The van der Waals surface area contributed by atoms with Crippen molar-refractivity contribution in [2.45, 2.75) is 52.2 Å². The molecule has 1 aromatic heterocycles. The van der Waals surface area contributed by atoms with E-state index in [4.69, 9.17) is 9.72 Å². The molecule has 0 N–H and O–H groups in total. The predicted molar refractivity (Wildman–Crippen MR) is 111 cm³/mol. The number of ether oxygens (including phenoxy) is 1. The van der Waals surface area contributed by atoms with Gasteiger partial charge in [-0.25, -0.2) is 9.78 Å². The Morgan fingerprint density at radius 3 is 2.50 bits per heavy atom. The van der Waals surface area contributed by atoms with Crippen LogP contribution in [0, 0.1) is 0 Å². The second-order valence-corrected chi connectivity index (χ2v) is 8.28. The molecule has 0 spiro atoms. The normalized spacial score (nSPS) is 15.7. The van der Waals surface area contributed by atoms with Gasteiger partial charge in [0.1, 0.15) is 5.60 Å². The third-order valence-corrected chi connectivity index (χ3v) is 5.11. The van der Waals surface area contributed by atoms with Gasteiger partial charge in [0.25, 0.3) is 5.56 Å². The predicted octanol–water partition coefficient (Wildman–Crippen LogP) is 3.16. The summed E-state index contributed by atoms with van der Waals surface area (Å²) in [5, 5.41) is 0.629. The molecule has 0 saturated carbocycles. The van der Waals surface area contributed by atoms with Crippen LogP contribution < -0.4 is 10.5 Å². The number of piperidine rings is 1. The van der Waals surface area contributed by atoms with Crippen LogP contribution in [0.5, 0.6) is 0 Å². The molecular formula is C21H30N4O3. The van der Waals surface area contributed by atoms with E-state index in [-0.39, 0.29) is 17.7 Å². The van der Waals surface area contributed by atoms with E-state index >= 15 is 0 Å². The molecule has 1 saturated heterocycles. The van der Waals surface area contributed by atoms with Crippen molar-refractivity contribution >= 4 is 22.9 Å². The van der Waals surface area contributed by atoms with Crippen molar-refractivity contribution in [1.29, 1.82) is 0 Å². The molecule has 2 heterocycles. The lowest BCUT2D eigenvalue weighted by atomic mass is 10.0. The van der Waals surface area contributed by atoms with Crippen molar-refractivity contribution in [3.05, 3.63) is 34.6 Å². The van der Waals surface area contributed by atoms with Gasteiger partial charge in [-0.15, -0.1) is 0 Å². The van der Waals surface area contributed by atoms with Crippen molar-refractivity contribution in [2.24, 2.45) is 7.05 Å². The van der Waals surface area contributed by atoms with Gasteiger partial charge in [-0.1, -0.05) is 12.1 Å². The lowest BCUT2D eigenvalue weighted by Gasteiger charge is -2.39. The van der Waals surface area contributed by atoms with E-state index in [0.29, 0.717) is 29.9 Å². The first-order valence-corrected chi connectivity index (χ1v) is 9.91. The van der Waals surface area contributed by atoms with Crippen molar-refractivity contribution in [2.75, 3.05) is 24.5 Å². The monoisotopic (exact) mass is 386 g/mol. The standard InChI is InChI=1S/C21H30N4O3/c1-6-25(15-11-13-24(14-12-15)20(27)28-21(2,3)4)19-22-17-10-8-7-9-16(17)18(26)23(19)5/h7-10,15H,6,11-14H2,1-5H3. The molecule has 152 valence electrons. The van der Waals surface area contributed by atoms with Gasteiger partial charge in [0.05, 0.1) is 10.9 Å². The highest BCUT2D eigenvalue weighted by atomic mass is 16.6. The Hall–Kier alpha value is -2.57. The Bertz CT molecular complexity index is 908. The Labute approximate surface area is 165 Å². The van der Waals surface area contributed by atoms with E-state index in [1.54, 1.807) is 16.5 Å². The van der Waals surface area contributed by atoms with Crippen molar-refractivity contribution < 1.29 is 9.53 Å². The molecule has 1 aromatic carbocycles. The summed E-state index contributed by atoms with van der Waals surface area (Å²) in [6, 6.07) is 7.66. The summed E-state index contributed by atoms with van der Waals surface area (Å²) in [7, 11) is 1.77. The Balaban J connectivity index is 1.79. The number of anilines is 1. The minimum Gasteiger partial charge on any atom is -0.444 e. The van der Waals surface area contributed by atoms with Crippen molar-refractivity contribution in [3.8, 4) is 0 Å². The van der Waals surface area contributed by atoms with Gasteiger partial charge < -0.3 is 14.5 Å². The largest absolute Gasteiger partial charge is 0.444 e. The van der Waals surface area contributed by atoms with E-state index in [0.717, 1.165) is 19.4 Å². The maximum absolute atomic E-state index is 12.8. The van der Waals surface area contributed by atoms with Crippen LogP contribution in [0.25, 0.3) is 10.9 Å². The summed E-state index contributed by atoms with van der Waals surface area (Å²) in [5.41, 5.74) is 0.187. The Kier molecular flexibility index (Phi) is 5.63. The third kappa shape index (κ3) is 4.13. The number of carbonyl (C=O) groups is 1. The summed E-state index contributed by atoms with van der Waals surface area (Å²) in [6.07, 6.45) is 1.37. The molecule has 3 rings (SSSR count). The molecule has 7 heteroatoms. The van der Waals surface area contributed by atoms with Crippen molar-refractivity contribution in [3.63, 3.8) is 0 Å². The number of likely N-dealkylation sites (tertiary alicyclic amines) is 1. The molecular weight excluding hydrogens is 356 g/mol. The smallest absolute Gasteiger partial charge is 0.410 e. The number of para-hydroxylation sites is 1. The van der Waals surface area contributed by atoms with E-state index in [2.05, 4.69) is 11.8 Å². The summed E-state index contributed by atoms with van der Waals surface area (Å²) in [6.45, 7) is 9.72. The lowest BCUT2D eigenvalue weighted by molar-refractivity contribution is 0.0204. The average Bonchev–Trinajstić information content (AvgIpc) is 2.65. The van der Waals surface area contributed by atoms with Crippen LogP contribution in [-0.4, -0.2) is 51.8 Å². The highest BCUT2D eigenvalue weighted by Gasteiger charge is 2.30. The minimum atomic E-state index is -0.489. The van der Waals surface area contributed by atoms with Gasteiger partial charge in [0.2, 0.25) is 5.95 Å². The van der Waals surface area contributed by atoms with Gasteiger partial charge >= 0.3 is 6.09 Å². The molecule has 1 aliphatic heterocycles. The molecule has 28 heavy (non-hydrogen) atoms. The minimum absolute atomic E-state index is 0.0368. The number of amides is 1. The number of hydrogen-bond acceptors (Lipinski definition) is 5. The van der Waals surface area contributed by atoms with E-state index in [9.17, 15) is 9.59 Å². The van der Waals surface area contributed by atoms with E-state index in [1.165, 1.54) is 0 Å². The summed E-state index contributed by atoms with van der Waals surface area (Å²) >= 11 is 0. The molecule has 0 radical (unpaired) electrons. The lowest BCUT2D eigenvalue weighted by Crippen LogP contribution is -2.49. The Morgan fingerprint density at radius 2 is 1.89 bits per heavy atom. The average molecular weight is 386 g/mol. The van der Waals surface area contributed by atoms with Crippen LogP contribution in [0.15, 0.2) is 29.1 Å². The molecule has 1 aliphatic rings. The fourth-order valence-electron chi connectivity index (χ4n) is 3.71. The first kappa shape index (κ1) is 20.2. The molecule has 0 aliphatic carbocycles. The first-order valence-electron chi connectivity index (χ1n) is 9.91. The van der Waals surface area contributed by atoms with E-state index < -0.39 is 5.60 Å². The number of hydrogen-bond donors (Lipinski definition) is 0. The zero-order valence-electron chi connectivity index (χ0n) is 17.4. The van der Waals surface area contributed by atoms with E-state index in [1.807, 2.05) is 45.0 Å². The quantitative estimate of drug-likeness (QED) is 0.811. The maximum atomic E-state index is 12.8. The maximum Gasteiger partial charge on any atom is 0.410 e. The molecule has 0 unspecified atom stereocenters. The molecule has 0 atom stereocenters. The zero-order chi connectivity index (χ0) is 20.5. The highest BCUT2D eigenvalue weighted by molar-refractivity contribution is 5.78. The van der Waals surface area contributed by atoms with Crippen molar-refractivity contribution in [1.82, 2.24) is 14.5 Å². The van der Waals surface area contributed by atoms with Crippen LogP contribution in [0.3, 0.4) is 0 Å². The zero-order valence-corrected chi connectivity index (χ0v) is 17.4. The van der Waals surface area contributed by atoms with Crippen LogP contribution in [0.4, 0.5) is 10.7 Å². The number of nitrogens with zero attached hydrogens (tertiary/aromatic N) is 4. The van der Waals surface area contributed by atoms with Gasteiger partial charge in [0, 0.05) is 32.7 Å². The number of fused-ring (bicyclic) bond motifs is 1. The van der Waals surface area contributed by atoms with Crippen LogP contribution in [0.1, 0.15) is 40.5 Å². The summed E-state index contributed by atoms with van der Waals surface area (Å²) in [5.74, 6) is 0.682. The number of carbonyl (C=O) groups excluding carboxylic acids is 1. The fourth-order valence-corrected chi connectivity index (χ4v) is 3.71. The summed E-state index contributed by atoms with van der Waals surface area (Å²) in [4.78, 5) is 33.8. The molecule has 0 bridgehead atoms. The second-order valence-electron chi connectivity index (χ2n) is 8.28. The molecule has 1 amide bonds. The van der Waals surface area contributed by atoms with Gasteiger partial charge in [-0.05, 0) is 52.7 Å². The number of benzene rings is 1. The SMILES string of the molecule is CCN(c1nc2ccccc2c(=O)n1C)C1CCN(C(=O)OC(C)(C)C)CC1. The van der Waals surface area contributed by atoms with Gasteiger partial charge in [-0.3, -0.25) is 9.36 Å². The number of rotatable bonds is 3. The molecule has 2 aromatic rings. The highest BCUT2D eigenvalue weighted by Crippen LogP contribution is 2.23. The molecule has 1 fully saturated rings. The van der Waals surface area contributed by atoms with Gasteiger partial charge in [0.15, 0.2) is 0 Å². The third-order valence-electron chi connectivity index (χ3n) is 5.11.